The molecule has 218 valence electrons. The molecule has 0 aliphatic rings. The SMILES string of the molecule is c1ccc(N(c2cccc(-c3cccc(N(c4ccccc4)c4ccc5ccccc5c4)c3)c2)c2ccc3ccccc3c2)cc1. The molecule has 8 aromatic rings. The van der Waals surface area contributed by atoms with Crippen LogP contribution in [0.15, 0.2) is 194 Å². The molecule has 2 nitrogen and oxygen atoms in total. The molecular formula is C44H32N2. The lowest BCUT2D eigenvalue weighted by atomic mass is 10.0. The van der Waals surface area contributed by atoms with Crippen LogP contribution in [0.25, 0.3) is 32.7 Å². The van der Waals surface area contributed by atoms with Crippen LogP contribution >= 0.6 is 0 Å². The molecule has 0 aromatic heterocycles. The fourth-order valence-electron chi connectivity index (χ4n) is 6.33. The normalized spacial score (nSPS) is 11.0. The monoisotopic (exact) mass is 588 g/mol. The number of rotatable bonds is 7. The average molecular weight is 589 g/mol. The molecule has 0 unspecified atom stereocenters. The van der Waals surface area contributed by atoms with E-state index in [-0.39, 0.29) is 0 Å². The van der Waals surface area contributed by atoms with Gasteiger partial charge in [-0.05, 0) is 105 Å². The van der Waals surface area contributed by atoms with E-state index in [2.05, 4.69) is 204 Å². The number of anilines is 6. The first kappa shape index (κ1) is 27.4. The van der Waals surface area contributed by atoms with Crippen molar-refractivity contribution >= 4 is 55.7 Å². The maximum atomic E-state index is 2.34. The predicted octanol–water partition coefficient (Wildman–Crippen LogP) is 12.6. The van der Waals surface area contributed by atoms with E-state index in [0.717, 1.165) is 45.3 Å². The van der Waals surface area contributed by atoms with Crippen molar-refractivity contribution in [1.29, 1.82) is 0 Å². The Labute approximate surface area is 270 Å². The van der Waals surface area contributed by atoms with Crippen LogP contribution in [0.3, 0.4) is 0 Å². The minimum absolute atomic E-state index is 1.11. The highest BCUT2D eigenvalue weighted by Crippen LogP contribution is 2.40. The van der Waals surface area contributed by atoms with Crippen molar-refractivity contribution in [2.45, 2.75) is 0 Å². The standard InChI is InChI=1S/C44H32N2/c1-3-19-39(20-4-1)45(43-27-25-33-13-7-9-15-35(33)29-43)41-23-11-17-37(31-41)38-18-12-24-42(32-38)46(40-21-5-2-6-22-40)44-28-26-34-14-8-10-16-36(34)30-44/h1-32H. The van der Waals surface area contributed by atoms with Gasteiger partial charge in [0.2, 0.25) is 0 Å². The van der Waals surface area contributed by atoms with Gasteiger partial charge in [-0.15, -0.1) is 0 Å². The van der Waals surface area contributed by atoms with Gasteiger partial charge in [0.15, 0.2) is 0 Å². The van der Waals surface area contributed by atoms with Crippen LogP contribution in [0.1, 0.15) is 0 Å². The lowest BCUT2D eigenvalue weighted by Crippen LogP contribution is -2.10. The molecular weight excluding hydrogens is 556 g/mol. The van der Waals surface area contributed by atoms with Crippen molar-refractivity contribution in [3.8, 4) is 11.1 Å². The van der Waals surface area contributed by atoms with Crippen molar-refractivity contribution in [1.82, 2.24) is 0 Å². The Morgan fingerprint density at radius 2 is 0.565 bits per heavy atom. The topological polar surface area (TPSA) is 6.48 Å². The summed E-state index contributed by atoms with van der Waals surface area (Å²) in [5.41, 5.74) is 9.04. The van der Waals surface area contributed by atoms with Gasteiger partial charge in [-0.1, -0.05) is 121 Å². The Kier molecular flexibility index (Phi) is 7.22. The maximum absolute atomic E-state index is 2.34. The molecule has 0 bridgehead atoms. The van der Waals surface area contributed by atoms with E-state index in [4.69, 9.17) is 0 Å². The molecule has 0 amide bonds. The zero-order valence-electron chi connectivity index (χ0n) is 25.4. The number of para-hydroxylation sites is 2. The molecule has 8 aromatic carbocycles. The summed E-state index contributed by atoms with van der Waals surface area (Å²) >= 11 is 0. The Morgan fingerprint density at radius 3 is 1.00 bits per heavy atom. The summed E-state index contributed by atoms with van der Waals surface area (Å²) < 4.78 is 0. The summed E-state index contributed by atoms with van der Waals surface area (Å²) in [5, 5.41) is 4.91. The third-order valence-corrected chi connectivity index (χ3v) is 8.55. The molecule has 0 saturated carbocycles. The molecule has 0 radical (unpaired) electrons. The van der Waals surface area contributed by atoms with E-state index >= 15 is 0 Å². The first-order valence-electron chi connectivity index (χ1n) is 15.7. The second-order valence-electron chi connectivity index (χ2n) is 11.5. The van der Waals surface area contributed by atoms with Gasteiger partial charge in [0.1, 0.15) is 0 Å². The molecule has 0 heterocycles. The van der Waals surface area contributed by atoms with E-state index in [9.17, 15) is 0 Å². The molecule has 8 rings (SSSR count). The minimum atomic E-state index is 1.11. The summed E-state index contributed by atoms with van der Waals surface area (Å²) in [4.78, 5) is 4.68. The summed E-state index contributed by atoms with van der Waals surface area (Å²) in [6.45, 7) is 0. The molecule has 0 fully saturated rings. The third kappa shape index (κ3) is 5.38. The molecule has 0 saturated heterocycles. The number of benzene rings is 8. The van der Waals surface area contributed by atoms with Crippen molar-refractivity contribution in [2.24, 2.45) is 0 Å². The Morgan fingerprint density at radius 1 is 0.217 bits per heavy atom. The smallest absolute Gasteiger partial charge is 0.0468 e. The second-order valence-corrected chi connectivity index (χ2v) is 11.5. The van der Waals surface area contributed by atoms with Crippen LogP contribution in [0.5, 0.6) is 0 Å². The van der Waals surface area contributed by atoms with Crippen LogP contribution in [0.2, 0.25) is 0 Å². The van der Waals surface area contributed by atoms with Crippen molar-refractivity contribution < 1.29 is 0 Å². The zero-order valence-corrected chi connectivity index (χ0v) is 25.4. The lowest BCUT2D eigenvalue weighted by molar-refractivity contribution is 1.28. The molecule has 0 N–H and O–H groups in total. The van der Waals surface area contributed by atoms with E-state index in [1.165, 1.54) is 21.5 Å². The molecule has 0 atom stereocenters. The van der Waals surface area contributed by atoms with Crippen LogP contribution in [0.4, 0.5) is 34.1 Å². The summed E-state index contributed by atoms with van der Waals surface area (Å²) in [6, 6.07) is 69.4. The first-order chi connectivity index (χ1) is 22.8. The highest BCUT2D eigenvalue weighted by Gasteiger charge is 2.16. The fourth-order valence-corrected chi connectivity index (χ4v) is 6.33. The zero-order chi connectivity index (χ0) is 30.7. The van der Waals surface area contributed by atoms with Crippen molar-refractivity contribution in [2.75, 3.05) is 9.80 Å². The molecule has 46 heavy (non-hydrogen) atoms. The Bertz CT molecular complexity index is 2110. The summed E-state index contributed by atoms with van der Waals surface area (Å²) in [7, 11) is 0. The number of fused-ring (bicyclic) bond motifs is 2. The van der Waals surface area contributed by atoms with Gasteiger partial charge < -0.3 is 9.80 Å². The van der Waals surface area contributed by atoms with E-state index in [0.29, 0.717) is 0 Å². The van der Waals surface area contributed by atoms with Gasteiger partial charge in [-0.3, -0.25) is 0 Å². The van der Waals surface area contributed by atoms with E-state index < -0.39 is 0 Å². The number of hydrogen-bond acceptors (Lipinski definition) is 2. The number of nitrogens with zero attached hydrogens (tertiary/aromatic N) is 2. The van der Waals surface area contributed by atoms with Gasteiger partial charge in [0, 0.05) is 34.1 Å². The summed E-state index contributed by atoms with van der Waals surface area (Å²) in [6.07, 6.45) is 0. The highest BCUT2D eigenvalue weighted by molar-refractivity contribution is 5.91. The quantitative estimate of drug-likeness (QED) is 0.183. The van der Waals surface area contributed by atoms with Crippen LogP contribution < -0.4 is 9.80 Å². The molecule has 2 heteroatoms. The van der Waals surface area contributed by atoms with Crippen LogP contribution in [0, 0.1) is 0 Å². The predicted molar refractivity (Wildman–Crippen MR) is 196 cm³/mol. The van der Waals surface area contributed by atoms with Gasteiger partial charge in [0.25, 0.3) is 0 Å². The average Bonchev–Trinajstić information content (AvgIpc) is 3.13. The van der Waals surface area contributed by atoms with Crippen molar-refractivity contribution in [3.05, 3.63) is 194 Å². The molecule has 0 spiro atoms. The largest absolute Gasteiger partial charge is 0.310 e. The van der Waals surface area contributed by atoms with Crippen LogP contribution in [-0.4, -0.2) is 0 Å². The maximum Gasteiger partial charge on any atom is 0.0468 e. The Balaban J connectivity index is 1.23. The van der Waals surface area contributed by atoms with Gasteiger partial charge >= 0.3 is 0 Å². The highest BCUT2D eigenvalue weighted by atomic mass is 15.1. The van der Waals surface area contributed by atoms with E-state index in [1.807, 2.05) is 0 Å². The van der Waals surface area contributed by atoms with Gasteiger partial charge in [0.05, 0.1) is 0 Å². The van der Waals surface area contributed by atoms with Gasteiger partial charge in [-0.25, -0.2) is 0 Å². The van der Waals surface area contributed by atoms with Gasteiger partial charge in [-0.2, -0.15) is 0 Å². The van der Waals surface area contributed by atoms with Crippen molar-refractivity contribution in [3.63, 3.8) is 0 Å². The second kappa shape index (κ2) is 12.1. The molecule has 0 aliphatic carbocycles. The fraction of sp³-hybridized carbons (Fsp3) is 0. The third-order valence-electron chi connectivity index (χ3n) is 8.55. The minimum Gasteiger partial charge on any atom is -0.310 e. The summed E-state index contributed by atoms with van der Waals surface area (Å²) in [5.74, 6) is 0. The Hall–Kier alpha value is -6.12. The molecule has 0 aliphatic heterocycles. The lowest BCUT2D eigenvalue weighted by Gasteiger charge is -2.27. The number of hydrogen-bond donors (Lipinski definition) is 0. The first-order valence-corrected chi connectivity index (χ1v) is 15.7. The van der Waals surface area contributed by atoms with Crippen LogP contribution in [-0.2, 0) is 0 Å². The van der Waals surface area contributed by atoms with E-state index in [1.54, 1.807) is 0 Å².